The molecule has 0 saturated heterocycles. The smallest absolute Gasteiger partial charge is 0.267 e. The van der Waals surface area contributed by atoms with Crippen LogP contribution in [0.5, 0.6) is 0 Å². The van der Waals surface area contributed by atoms with Gasteiger partial charge in [0.1, 0.15) is 0 Å². The number of hydrogen-bond acceptors (Lipinski definition) is 6. The van der Waals surface area contributed by atoms with E-state index in [1.165, 1.54) is 24.8 Å². The Labute approximate surface area is 161 Å². The van der Waals surface area contributed by atoms with Gasteiger partial charge in [0.05, 0.1) is 23.6 Å². The fourth-order valence-corrected chi connectivity index (χ4v) is 2.17. The van der Waals surface area contributed by atoms with Gasteiger partial charge in [0, 0.05) is 24.8 Å². The van der Waals surface area contributed by atoms with Crippen LogP contribution in [-0.2, 0) is 0 Å². The minimum Gasteiger partial charge on any atom is -0.267 e. The van der Waals surface area contributed by atoms with E-state index in [-0.39, 0.29) is 11.8 Å². The molecule has 0 unspecified atom stereocenters. The lowest BCUT2D eigenvalue weighted by Gasteiger charge is -2.00. The predicted octanol–water partition coefficient (Wildman–Crippen LogP) is 2.00. The fourth-order valence-electron chi connectivity index (χ4n) is 2.17. The second-order valence-corrected chi connectivity index (χ2v) is 5.55. The number of rotatable bonds is 6. The maximum atomic E-state index is 11.9. The molecule has 0 radical (unpaired) electrons. The number of carbonyl (C=O) groups excluding carboxylic acids is 2. The average molecular weight is 372 g/mol. The summed E-state index contributed by atoms with van der Waals surface area (Å²) in [6.07, 6.45) is 9.13. The van der Waals surface area contributed by atoms with E-state index in [0.29, 0.717) is 11.1 Å². The number of benzene rings is 1. The molecule has 0 saturated carbocycles. The lowest BCUT2D eigenvalue weighted by molar-refractivity contribution is 0.0946. The van der Waals surface area contributed by atoms with E-state index >= 15 is 0 Å². The summed E-state index contributed by atoms with van der Waals surface area (Å²) in [5.74, 6) is -0.694. The first kappa shape index (κ1) is 18.6. The van der Waals surface area contributed by atoms with Gasteiger partial charge in [0.15, 0.2) is 0 Å². The quantitative estimate of drug-likeness (QED) is 0.509. The second kappa shape index (κ2) is 9.48. The normalized spacial score (nSPS) is 10.9. The van der Waals surface area contributed by atoms with Crippen LogP contribution in [0.1, 0.15) is 31.8 Å². The van der Waals surface area contributed by atoms with Gasteiger partial charge in [-0.15, -0.1) is 0 Å². The van der Waals surface area contributed by atoms with Crippen molar-refractivity contribution in [1.82, 2.24) is 20.8 Å². The summed E-state index contributed by atoms with van der Waals surface area (Å²) in [6, 6.07) is 13.9. The molecule has 1 aromatic carbocycles. The highest BCUT2D eigenvalue weighted by Crippen LogP contribution is 2.01. The van der Waals surface area contributed by atoms with E-state index in [2.05, 4.69) is 31.0 Å². The van der Waals surface area contributed by atoms with E-state index in [0.717, 1.165) is 11.1 Å². The van der Waals surface area contributed by atoms with Crippen LogP contribution in [0.15, 0.2) is 83.5 Å². The maximum Gasteiger partial charge on any atom is 0.272 e. The first-order valence-electron chi connectivity index (χ1n) is 8.29. The average Bonchev–Trinajstić information content (AvgIpc) is 2.75. The zero-order valence-electron chi connectivity index (χ0n) is 14.7. The predicted molar refractivity (Wildman–Crippen MR) is 105 cm³/mol. The molecule has 0 aliphatic heterocycles. The molecule has 0 spiro atoms. The molecular formula is C20H16N6O2. The first-order chi connectivity index (χ1) is 13.7. The molecule has 3 aromatic rings. The molecule has 0 fully saturated rings. The molecule has 138 valence electrons. The molecule has 0 atom stereocenters. The van der Waals surface area contributed by atoms with E-state index < -0.39 is 0 Å². The SMILES string of the molecule is O=C(N/N=C\c1cccc(/C=N\NC(=O)c2cccnc2)c1)c1cccnc1. The Morgan fingerprint density at radius 2 is 1.25 bits per heavy atom. The standard InChI is InChI=1S/C20H16N6O2/c27-19(17-6-2-8-21-13-17)25-23-11-15-4-1-5-16(10-15)12-24-26-20(28)18-7-3-9-22-14-18/h1-14H,(H,25,27)(H,26,28)/b23-11-,24-12-. The minimum absolute atomic E-state index is 0.347. The summed E-state index contributed by atoms with van der Waals surface area (Å²) < 4.78 is 0. The maximum absolute atomic E-state index is 11.9. The van der Waals surface area contributed by atoms with Crippen LogP contribution < -0.4 is 10.9 Å². The highest BCUT2D eigenvalue weighted by atomic mass is 16.2. The van der Waals surface area contributed by atoms with Crippen molar-refractivity contribution in [3.8, 4) is 0 Å². The van der Waals surface area contributed by atoms with E-state index in [4.69, 9.17) is 0 Å². The van der Waals surface area contributed by atoms with Crippen LogP contribution in [0.2, 0.25) is 0 Å². The largest absolute Gasteiger partial charge is 0.272 e. The minimum atomic E-state index is -0.347. The lowest BCUT2D eigenvalue weighted by Crippen LogP contribution is -2.17. The Balaban J connectivity index is 1.56. The van der Waals surface area contributed by atoms with E-state index in [1.807, 2.05) is 18.2 Å². The second-order valence-electron chi connectivity index (χ2n) is 5.55. The molecule has 0 bridgehead atoms. The Hall–Kier alpha value is -4.20. The number of nitrogens with zero attached hydrogens (tertiary/aromatic N) is 4. The molecule has 0 aliphatic rings. The first-order valence-corrected chi connectivity index (χ1v) is 8.29. The van der Waals surface area contributed by atoms with E-state index in [1.54, 1.807) is 42.7 Å². The van der Waals surface area contributed by atoms with Crippen LogP contribution in [0.4, 0.5) is 0 Å². The monoisotopic (exact) mass is 372 g/mol. The van der Waals surface area contributed by atoms with Crippen molar-refractivity contribution >= 4 is 24.2 Å². The van der Waals surface area contributed by atoms with Gasteiger partial charge in [-0.1, -0.05) is 18.2 Å². The fraction of sp³-hybridized carbons (Fsp3) is 0. The molecule has 28 heavy (non-hydrogen) atoms. The highest BCUT2D eigenvalue weighted by Gasteiger charge is 2.03. The molecule has 0 aliphatic carbocycles. The number of hydrazone groups is 2. The van der Waals surface area contributed by atoms with Gasteiger partial charge < -0.3 is 0 Å². The molecule has 8 nitrogen and oxygen atoms in total. The van der Waals surface area contributed by atoms with Crippen molar-refractivity contribution in [2.75, 3.05) is 0 Å². The van der Waals surface area contributed by atoms with Gasteiger partial charge in [-0.25, -0.2) is 10.9 Å². The number of pyridine rings is 2. The Kier molecular flexibility index (Phi) is 6.30. The van der Waals surface area contributed by atoms with E-state index in [9.17, 15) is 9.59 Å². The summed E-state index contributed by atoms with van der Waals surface area (Å²) in [7, 11) is 0. The van der Waals surface area contributed by atoms with Gasteiger partial charge in [0.25, 0.3) is 11.8 Å². The Bertz CT molecular complexity index is 925. The number of amides is 2. The van der Waals surface area contributed by atoms with Crippen LogP contribution in [-0.4, -0.2) is 34.2 Å². The summed E-state index contributed by atoms with van der Waals surface area (Å²) in [6.45, 7) is 0. The third-order valence-corrected chi connectivity index (χ3v) is 3.52. The third-order valence-electron chi connectivity index (χ3n) is 3.52. The molecular weight excluding hydrogens is 356 g/mol. The topological polar surface area (TPSA) is 109 Å². The third kappa shape index (κ3) is 5.40. The van der Waals surface area contributed by atoms with Crippen molar-refractivity contribution in [2.45, 2.75) is 0 Å². The molecule has 2 aromatic heterocycles. The number of aromatic nitrogens is 2. The van der Waals surface area contributed by atoms with Crippen LogP contribution in [0.3, 0.4) is 0 Å². The van der Waals surface area contributed by atoms with Gasteiger partial charge in [0.2, 0.25) is 0 Å². The Morgan fingerprint density at radius 3 is 1.68 bits per heavy atom. The van der Waals surface area contributed by atoms with Gasteiger partial charge in [-0.05, 0) is 41.5 Å². The number of nitrogens with one attached hydrogen (secondary N) is 2. The summed E-state index contributed by atoms with van der Waals surface area (Å²) in [5.41, 5.74) is 7.23. The number of hydrogen-bond donors (Lipinski definition) is 2. The van der Waals surface area contributed by atoms with Gasteiger partial charge >= 0.3 is 0 Å². The number of carbonyl (C=O) groups is 2. The lowest BCUT2D eigenvalue weighted by atomic mass is 10.1. The van der Waals surface area contributed by atoms with Gasteiger partial charge in [-0.2, -0.15) is 10.2 Å². The zero-order valence-corrected chi connectivity index (χ0v) is 14.7. The van der Waals surface area contributed by atoms with Crippen molar-refractivity contribution in [3.05, 3.63) is 95.6 Å². The van der Waals surface area contributed by atoms with Crippen molar-refractivity contribution in [1.29, 1.82) is 0 Å². The van der Waals surface area contributed by atoms with Crippen molar-refractivity contribution in [3.63, 3.8) is 0 Å². The van der Waals surface area contributed by atoms with Crippen LogP contribution in [0, 0.1) is 0 Å². The summed E-state index contributed by atoms with van der Waals surface area (Å²) in [5, 5.41) is 7.87. The van der Waals surface area contributed by atoms with Crippen LogP contribution in [0.25, 0.3) is 0 Å². The highest BCUT2D eigenvalue weighted by molar-refractivity contribution is 5.95. The van der Waals surface area contributed by atoms with Crippen molar-refractivity contribution in [2.24, 2.45) is 10.2 Å². The zero-order chi connectivity index (χ0) is 19.6. The summed E-state index contributed by atoms with van der Waals surface area (Å²) in [4.78, 5) is 31.6. The molecule has 3 rings (SSSR count). The summed E-state index contributed by atoms with van der Waals surface area (Å²) >= 11 is 0. The van der Waals surface area contributed by atoms with Gasteiger partial charge in [-0.3, -0.25) is 19.6 Å². The van der Waals surface area contributed by atoms with Crippen LogP contribution >= 0.6 is 0 Å². The molecule has 2 heterocycles. The Morgan fingerprint density at radius 1 is 0.750 bits per heavy atom. The molecule has 2 amide bonds. The molecule has 2 N–H and O–H groups in total. The van der Waals surface area contributed by atoms with Crippen molar-refractivity contribution < 1.29 is 9.59 Å². The molecule has 8 heteroatoms.